The number of pyridine rings is 1. The van der Waals surface area contributed by atoms with Crippen LogP contribution in [-0.4, -0.2) is 21.1 Å². The quantitative estimate of drug-likeness (QED) is 0.680. The van der Waals surface area contributed by atoms with Crippen molar-refractivity contribution >= 4 is 22.2 Å². The van der Waals surface area contributed by atoms with Crippen LogP contribution in [0.5, 0.6) is 0 Å². The lowest BCUT2D eigenvalue weighted by Gasteiger charge is -2.02. The minimum absolute atomic E-state index is 0.355. The molecule has 0 atom stereocenters. The minimum Gasteiger partial charge on any atom is -0.298 e. The second kappa shape index (κ2) is 5.57. The number of hydrogen-bond donors (Lipinski definition) is 0. The van der Waals surface area contributed by atoms with Crippen LogP contribution in [0.3, 0.4) is 0 Å². The largest absolute Gasteiger partial charge is 0.298 e. The fourth-order valence-electron chi connectivity index (χ4n) is 1.99. The molecule has 0 fully saturated rings. The van der Waals surface area contributed by atoms with Crippen molar-refractivity contribution in [3.05, 3.63) is 64.8 Å². The highest BCUT2D eigenvalue weighted by Crippen LogP contribution is 2.30. The number of benzene rings is 1. The molecule has 0 saturated heterocycles. The normalized spacial score (nSPS) is 10.6. The summed E-state index contributed by atoms with van der Waals surface area (Å²) < 4.78 is 15.3. The smallest absolute Gasteiger partial charge is 0.153 e. The summed E-state index contributed by atoms with van der Waals surface area (Å²) in [6, 6.07) is 7.83. The highest BCUT2D eigenvalue weighted by molar-refractivity contribution is 9.10. The summed E-state index contributed by atoms with van der Waals surface area (Å²) in [4.78, 5) is 15.2. The number of hydrogen-bond acceptors (Lipinski definition) is 3. The van der Waals surface area contributed by atoms with E-state index in [0.717, 1.165) is 12.0 Å². The Balaban J connectivity index is 2.15. The zero-order valence-electron chi connectivity index (χ0n) is 10.7. The molecule has 0 aliphatic carbocycles. The third kappa shape index (κ3) is 2.62. The molecule has 1 aromatic carbocycles. The predicted octanol–water partition coefficient (Wildman–Crippen LogP) is 3.65. The van der Waals surface area contributed by atoms with Gasteiger partial charge in [0.2, 0.25) is 0 Å². The molecule has 0 saturated carbocycles. The number of halogens is 2. The van der Waals surface area contributed by atoms with Gasteiger partial charge in [0.05, 0.1) is 11.3 Å². The van der Waals surface area contributed by atoms with E-state index in [4.69, 9.17) is 0 Å². The van der Waals surface area contributed by atoms with Crippen molar-refractivity contribution in [3.8, 4) is 16.9 Å². The molecule has 2 heterocycles. The van der Waals surface area contributed by atoms with E-state index in [1.807, 2.05) is 0 Å². The molecule has 0 unspecified atom stereocenters. The van der Waals surface area contributed by atoms with Gasteiger partial charge in [0.1, 0.15) is 11.5 Å². The fraction of sp³-hybridized carbons (Fsp3) is 0. The summed E-state index contributed by atoms with van der Waals surface area (Å²) in [6.07, 6.45) is 5.65. The topological polar surface area (TPSA) is 47.8 Å². The van der Waals surface area contributed by atoms with E-state index in [9.17, 15) is 9.18 Å². The van der Waals surface area contributed by atoms with Crippen molar-refractivity contribution in [3.63, 3.8) is 0 Å². The molecule has 0 aliphatic rings. The van der Waals surface area contributed by atoms with Crippen LogP contribution in [0.4, 0.5) is 4.39 Å². The Morgan fingerprint density at radius 2 is 1.95 bits per heavy atom. The van der Waals surface area contributed by atoms with E-state index in [1.165, 1.54) is 12.1 Å². The van der Waals surface area contributed by atoms with E-state index in [-0.39, 0.29) is 5.82 Å². The van der Waals surface area contributed by atoms with Crippen LogP contribution in [-0.2, 0) is 0 Å². The molecule has 2 aromatic heterocycles. The van der Waals surface area contributed by atoms with E-state index in [2.05, 4.69) is 26.0 Å². The summed E-state index contributed by atoms with van der Waals surface area (Å²) in [5.41, 5.74) is 2.37. The number of aromatic nitrogens is 3. The first-order chi connectivity index (χ1) is 10.2. The van der Waals surface area contributed by atoms with Crippen molar-refractivity contribution < 1.29 is 9.18 Å². The van der Waals surface area contributed by atoms with Crippen molar-refractivity contribution in [2.75, 3.05) is 0 Å². The molecular formula is C15H9BrFN3O. The Kier molecular flexibility index (Phi) is 3.62. The Labute approximate surface area is 128 Å². The highest BCUT2D eigenvalue weighted by atomic mass is 79.9. The molecule has 3 aromatic rings. The lowest BCUT2D eigenvalue weighted by Crippen LogP contribution is -1.94. The van der Waals surface area contributed by atoms with Crippen molar-refractivity contribution in [2.24, 2.45) is 0 Å². The average Bonchev–Trinajstić information content (AvgIpc) is 2.92. The maximum atomic E-state index is 13.2. The molecule has 0 radical (unpaired) electrons. The second-order valence-electron chi connectivity index (χ2n) is 4.33. The molecule has 4 nitrogen and oxygen atoms in total. The Morgan fingerprint density at radius 3 is 2.62 bits per heavy atom. The third-order valence-corrected chi connectivity index (χ3v) is 3.64. The molecule has 0 aliphatic heterocycles. The number of rotatable bonds is 3. The standard InChI is InChI=1S/C15H9BrFN3O/c16-14-7-11(17)1-2-13(14)15-10(9-21)8-20(19-15)12-3-5-18-6-4-12/h1-9H. The molecule has 0 amide bonds. The van der Waals surface area contributed by atoms with Gasteiger partial charge in [-0.15, -0.1) is 0 Å². The first-order valence-corrected chi connectivity index (χ1v) is 6.89. The highest BCUT2D eigenvalue weighted by Gasteiger charge is 2.14. The molecular weight excluding hydrogens is 337 g/mol. The van der Waals surface area contributed by atoms with Gasteiger partial charge in [0.15, 0.2) is 6.29 Å². The maximum absolute atomic E-state index is 13.2. The van der Waals surface area contributed by atoms with Gasteiger partial charge in [-0.2, -0.15) is 5.10 Å². The maximum Gasteiger partial charge on any atom is 0.153 e. The molecule has 0 bridgehead atoms. The van der Waals surface area contributed by atoms with Crippen LogP contribution < -0.4 is 0 Å². The molecule has 0 N–H and O–H groups in total. The summed E-state index contributed by atoms with van der Waals surface area (Å²) in [5.74, 6) is -0.355. The van der Waals surface area contributed by atoms with Crippen LogP contribution in [0.1, 0.15) is 10.4 Å². The number of carbonyl (C=O) groups excluding carboxylic acids is 1. The lowest BCUT2D eigenvalue weighted by atomic mass is 10.1. The first-order valence-electron chi connectivity index (χ1n) is 6.09. The predicted molar refractivity (Wildman–Crippen MR) is 79.8 cm³/mol. The van der Waals surface area contributed by atoms with Gasteiger partial charge in [-0.25, -0.2) is 9.07 Å². The lowest BCUT2D eigenvalue weighted by molar-refractivity contribution is 0.112. The van der Waals surface area contributed by atoms with Crippen molar-refractivity contribution in [1.29, 1.82) is 0 Å². The van der Waals surface area contributed by atoms with Crippen LogP contribution in [0.25, 0.3) is 16.9 Å². The molecule has 6 heteroatoms. The molecule has 0 spiro atoms. The Hall–Kier alpha value is -2.34. The molecule has 3 rings (SSSR count). The van der Waals surface area contributed by atoms with E-state index >= 15 is 0 Å². The first kappa shape index (κ1) is 13.6. The SMILES string of the molecule is O=Cc1cn(-c2ccncc2)nc1-c1ccc(F)cc1Br. The third-order valence-electron chi connectivity index (χ3n) is 2.98. The average molecular weight is 346 g/mol. The number of carbonyl (C=O) groups is 1. The fourth-order valence-corrected chi connectivity index (χ4v) is 2.53. The van der Waals surface area contributed by atoms with Gasteiger partial charge in [0.25, 0.3) is 0 Å². The van der Waals surface area contributed by atoms with E-state index < -0.39 is 0 Å². The van der Waals surface area contributed by atoms with E-state index in [1.54, 1.807) is 41.5 Å². The summed E-state index contributed by atoms with van der Waals surface area (Å²) >= 11 is 3.30. The zero-order chi connectivity index (χ0) is 14.8. The Bertz CT molecular complexity index is 802. The summed E-state index contributed by atoms with van der Waals surface area (Å²) in [5, 5.41) is 4.42. The van der Waals surface area contributed by atoms with Gasteiger partial charge in [-0.3, -0.25) is 9.78 Å². The van der Waals surface area contributed by atoms with E-state index in [0.29, 0.717) is 21.3 Å². The van der Waals surface area contributed by atoms with Crippen LogP contribution in [0, 0.1) is 5.82 Å². The van der Waals surface area contributed by atoms with Crippen LogP contribution >= 0.6 is 15.9 Å². The van der Waals surface area contributed by atoms with Gasteiger partial charge in [0, 0.05) is 28.6 Å². The zero-order valence-corrected chi connectivity index (χ0v) is 12.3. The van der Waals surface area contributed by atoms with Crippen molar-refractivity contribution in [1.82, 2.24) is 14.8 Å². The molecule has 21 heavy (non-hydrogen) atoms. The minimum atomic E-state index is -0.355. The van der Waals surface area contributed by atoms with Crippen molar-refractivity contribution in [2.45, 2.75) is 0 Å². The number of nitrogens with zero attached hydrogens (tertiary/aromatic N) is 3. The van der Waals surface area contributed by atoms with Gasteiger partial charge in [-0.1, -0.05) is 0 Å². The summed E-state index contributed by atoms with van der Waals surface area (Å²) in [6.45, 7) is 0. The summed E-state index contributed by atoms with van der Waals surface area (Å²) in [7, 11) is 0. The second-order valence-corrected chi connectivity index (χ2v) is 5.18. The molecule has 104 valence electrons. The van der Waals surface area contributed by atoms with Gasteiger partial charge >= 0.3 is 0 Å². The van der Waals surface area contributed by atoms with Gasteiger partial charge in [-0.05, 0) is 46.3 Å². The van der Waals surface area contributed by atoms with Gasteiger partial charge < -0.3 is 0 Å². The van der Waals surface area contributed by atoms with Crippen LogP contribution in [0.2, 0.25) is 0 Å². The van der Waals surface area contributed by atoms with Crippen LogP contribution in [0.15, 0.2) is 53.4 Å². The number of aldehydes is 1. The Morgan fingerprint density at radius 1 is 1.19 bits per heavy atom. The monoisotopic (exact) mass is 345 g/mol.